The van der Waals surface area contributed by atoms with E-state index in [0.29, 0.717) is 5.56 Å². The third-order valence-corrected chi connectivity index (χ3v) is 5.11. The van der Waals surface area contributed by atoms with Crippen LogP contribution in [0.4, 0.5) is 0 Å². The number of carbonyl (C=O) groups excluding carboxylic acids is 4. The number of halogens is 1. The first kappa shape index (κ1) is 20.7. The monoisotopic (exact) mass is 413 g/mol. The van der Waals surface area contributed by atoms with Gasteiger partial charge in [-0.15, -0.1) is 0 Å². The van der Waals surface area contributed by atoms with E-state index >= 15 is 0 Å². The Bertz CT molecular complexity index is 1010. The number of esters is 1. The summed E-state index contributed by atoms with van der Waals surface area (Å²) in [7, 11) is 0. The summed E-state index contributed by atoms with van der Waals surface area (Å²) in [6.45, 7) is 3.41. The van der Waals surface area contributed by atoms with Crippen LogP contribution >= 0.6 is 11.6 Å². The minimum Gasteiger partial charge on any atom is -0.452 e. The number of rotatable bonds is 6. The normalized spacial score (nSPS) is 13.3. The minimum atomic E-state index is -0.838. The van der Waals surface area contributed by atoms with E-state index in [2.05, 4.69) is 5.32 Å². The average Bonchev–Trinajstić information content (AvgIpc) is 2.70. The predicted octanol–water partition coefficient (Wildman–Crippen LogP) is 3.58. The summed E-state index contributed by atoms with van der Waals surface area (Å²) in [6.07, 6.45) is 1.73. The number of nitrogens with one attached hydrogen (secondary N) is 1. The Hall–Kier alpha value is -2.99. The Kier molecular flexibility index (Phi) is 6.13. The first-order chi connectivity index (χ1) is 13.8. The predicted molar refractivity (Wildman–Crippen MR) is 108 cm³/mol. The lowest BCUT2D eigenvalue weighted by Crippen LogP contribution is -2.35. The third-order valence-electron chi connectivity index (χ3n) is 4.71. The Morgan fingerprint density at radius 3 is 2.34 bits per heavy atom. The van der Waals surface area contributed by atoms with Gasteiger partial charge in [-0.25, -0.2) is 4.79 Å². The number of hydrogen-bond acceptors (Lipinski definition) is 5. The van der Waals surface area contributed by atoms with Gasteiger partial charge in [0.2, 0.25) is 0 Å². The maximum Gasteiger partial charge on any atom is 0.340 e. The van der Waals surface area contributed by atoms with Crippen LogP contribution in [0.25, 0.3) is 0 Å². The number of fused-ring (bicyclic) bond motifs is 2. The smallest absolute Gasteiger partial charge is 0.340 e. The topological polar surface area (TPSA) is 89.5 Å². The first-order valence-corrected chi connectivity index (χ1v) is 9.70. The number of benzene rings is 2. The molecule has 6 nitrogen and oxygen atoms in total. The molecular formula is C22H20ClNO5. The molecule has 0 bridgehead atoms. The fraction of sp³-hybridized carbons (Fsp3) is 0.273. The zero-order valence-corrected chi connectivity index (χ0v) is 16.8. The molecule has 0 aromatic heterocycles. The van der Waals surface area contributed by atoms with E-state index in [1.54, 1.807) is 24.3 Å². The van der Waals surface area contributed by atoms with Crippen LogP contribution in [0.2, 0.25) is 5.02 Å². The lowest BCUT2D eigenvalue weighted by atomic mass is 9.83. The molecule has 0 spiro atoms. The molecule has 0 saturated heterocycles. The second kappa shape index (κ2) is 8.57. The maximum atomic E-state index is 12.8. The molecule has 7 heteroatoms. The number of hydrogen-bond donors (Lipinski definition) is 1. The molecule has 1 aliphatic carbocycles. The molecule has 1 N–H and O–H groups in total. The molecule has 3 rings (SSSR count). The highest BCUT2D eigenvalue weighted by Gasteiger charge is 2.33. The van der Waals surface area contributed by atoms with Gasteiger partial charge in [0.25, 0.3) is 5.91 Å². The zero-order chi connectivity index (χ0) is 21.1. The van der Waals surface area contributed by atoms with Crippen molar-refractivity contribution in [3.05, 3.63) is 69.2 Å². The molecule has 1 aliphatic rings. The number of ether oxygens (including phenoxy) is 1. The number of ketones is 2. The molecule has 2 aromatic rings. The van der Waals surface area contributed by atoms with Crippen molar-refractivity contribution in [1.82, 2.24) is 5.32 Å². The van der Waals surface area contributed by atoms with Crippen molar-refractivity contribution in [1.29, 1.82) is 0 Å². The molecule has 1 atom stereocenters. The standard InChI is InChI=1S/C22H20ClNO5/c1-3-6-12(2)24-17(25)11-29-22(28)16-10-9-15-18(19(16)23)21(27)14-8-5-4-7-13(14)20(15)26/h4-5,7-10,12H,3,6,11H2,1-2H3,(H,24,25)/t12-/m1/s1. The van der Waals surface area contributed by atoms with Gasteiger partial charge in [-0.05, 0) is 25.5 Å². The summed E-state index contributed by atoms with van der Waals surface area (Å²) < 4.78 is 5.04. The zero-order valence-electron chi connectivity index (χ0n) is 16.1. The fourth-order valence-corrected chi connectivity index (χ4v) is 3.66. The Morgan fingerprint density at radius 2 is 1.69 bits per heavy atom. The molecule has 0 saturated carbocycles. The van der Waals surface area contributed by atoms with E-state index in [0.717, 1.165) is 12.8 Å². The van der Waals surface area contributed by atoms with Crippen molar-refractivity contribution in [3.63, 3.8) is 0 Å². The van der Waals surface area contributed by atoms with E-state index in [1.165, 1.54) is 12.1 Å². The van der Waals surface area contributed by atoms with Crippen molar-refractivity contribution >= 4 is 35.0 Å². The van der Waals surface area contributed by atoms with E-state index in [-0.39, 0.29) is 39.1 Å². The van der Waals surface area contributed by atoms with Crippen LogP contribution in [0.1, 0.15) is 68.9 Å². The Balaban J connectivity index is 1.81. The van der Waals surface area contributed by atoms with E-state index in [4.69, 9.17) is 16.3 Å². The van der Waals surface area contributed by atoms with E-state index < -0.39 is 24.3 Å². The van der Waals surface area contributed by atoms with Gasteiger partial charge in [-0.2, -0.15) is 0 Å². The fourth-order valence-electron chi connectivity index (χ4n) is 3.33. The number of amides is 1. The van der Waals surface area contributed by atoms with E-state index in [9.17, 15) is 19.2 Å². The van der Waals surface area contributed by atoms with Gasteiger partial charge in [-0.3, -0.25) is 14.4 Å². The average molecular weight is 414 g/mol. The molecule has 150 valence electrons. The van der Waals surface area contributed by atoms with Gasteiger partial charge in [0.05, 0.1) is 16.1 Å². The van der Waals surface area contributed by atoms with Crippen LogP contribution in [-0.2, 0) is 9.53 Å². The van der Waals surface area contributed by atoms with Gasteiger partial charge in [-0.1, -0.05) is 49.2 Å². The Labute approximate surface area is 173 Å². The highest BCUT2D eigenvalue weighted by molar-refractivity contribution is 6.41. The molecule has 0 aliphatic heterocycles. The van der Waals surface area contributed by atoms with Gasteiger partial charge in [0.1, 0.15) is 0 Å². The molecular weight excluding hydrogens is 394 g/mol. The molecule has 0 fully saturated rings. The summed E-state index contributed by atoms with van der Waals surface area (Å²) in [5.41, 5.74) is 0.587. The summed E-state index contributed by atoms with van der Waals surface area (Å²) in [5, 5.41) is 2.58. The molecule has 0 unspecified atom stereocenters. The quantitative estimate of drug-likeness (QED) is 0.624. The lowest BCUT2D eigenvalue weighted by Gasteiger charge is -2.19. The molecule has 0 radical (unpaired) electrons. The second-order valence-electron chi connectivity index (χ2n) is 6.89. The van der Waals surface area contributed by atoms with Crippen LogP contribution in [0.3, 0.4) is 0 Å². The van der Waals surface area contributed by atoms with Gasteiger partial charge >= 0.3 is 5.97 Å². The molecule has 1 amide bonds. The van der Waals surface area contributed by atoms with Crippen LogP contribution in [-0.4, -0.2) is 36.1 Å². The Morgan fingerprint density at radius 1 is 1.03 bits per heavy atom. The summed E-state index contributed by atoms with van der Waals surface area (Å²) in [4.78, 5) is 49.8. The molecule has 2 aromatic carbocycles. The van der Waals surface area contributed by atoms with Crippen molar-refractivity contribution in [2.75, 3.05) is 6.61 Å². The van der Waals surface area contributed by atoms with Gasteiger partial charge in [0, 0.05) is 22.7 Å². The largest absolute Gasteiger partial charge is 0.452 e. The van der Waals surface area contributed by atoms with Gasteiger partial charge < -0.3 is 10.1 Å². The van der Waals surface area contributed by atoms with Gasteiger partial charge in [0.15, 0.2) is 18.2 Å². The molecule has 0 heterocycles. The van der Waals surface area contributed by atoms with E-state index in [1.807, 2.05) is 13.8 Å². The second-order valence-corrected chi connectivity index (χ2v) is 7.26. The summed E-state index contributed by atoms with van der Waals surface area (Å²) in [6, 6.07) is 9.14. The first-order valence-electron chi connectivity index (χ1n) is 9.32. The number of carbonyl (C=O) groups is 4. The van der Waals surface area contributed by atoms with Crippen LogP contribution in [0, 0.1) is 0 Å². The van der Waals surface area contributed by atoms with Crippen LogP contribution < -0.4 is 5.32 Å². The minimum absolute atomic E-state index is 0.0224. The summed E-state index contributed by atoms with van der Waals surface area (Å²) >= 11 is 6.31. The highest BCUT2D eigenvalue weighted by atomic mass is 35.5. The van der Waals surface area contributed by atoms with Crippen molar-refractivity contribution < 1.29 is 23.9 Å². The van der Waals surface area contributed by atoms with Crippen LogP contribution in [0.5, 0.6) is 0 Å². The third kappa shape index (κ3) is 4.07. The van der Waals surface area contributed by atoms with Crippen molar-refractivity contribution in [2.24, 2.45) is 0 Å². The maximum absolute atomic E-state index is 12.8. The lowest BCUT2D eigenvalue weighted by molar-refractivity contribution is -0.124. The van der Waals surface area contributed by atoms with Crippen molar-refractivity contribution in [3.8, 4) is 0 Å². The molecule has 29 heavy (non-hydrogen) atoms. The van der Waals surface area contributed by atoms with Crippen molar-refractivity contribution in [2.45, 2.75) is 32.7 Å². The highest BCUT2D eigenvalue weighted by Crippen LogP contribution is 2.34. The SMILES string of the molecule is CCC[C@@H](C)NC(=O)COC(=O)c1ccc2c(c1Cl)C(=O)c1ccccc1C2=O. The summed E-state index contributed by atoms with van der Waals surface area (Å²) in [5.74, 6) is -2.02. The van der Waals surface area contributed by atoms with Crippen LogP contribution in [0.15, 0.2) is 36.4 Å².